The summed E-state index contributed by atoms with van der Waals surface area (Å²) in [6.07, 6.45) is 1.85. The fourth-order valence-corrected chi connectivity index (χ4v) is 5.45. The first-order valence-corrected chi connectivity index (χ1v) is 12.4. The van der Waals surface area contributed by atoms with E-state index in [4.69, 9.17) is 4.74 Å². The van der Waals surface area contributed by atoms with Gasteiger partial charge in [0.05, 0.1) is 4.90 Å². The number of hydrogen-bond acceptors (Lipinski definition) is 4. The van der Waals surface area contributed by atoms with Gasteiger partial charge in [-0.3, -0.25) is 4.79 Å². The molecule has 0 atom stereocenters. The highest BCUT2D eigenvalue weighted by molar-refractivity contribution is 7.89. The highest BCUT2D eigenvalue weighted by Gasteiger charge is 2.26. The molecule has 0 radical (unpaired) electrons. The summed E-state index contributed by atoms with van der Waals surface area (Å²) in [5, 5.41) is 0. The van der Waals surface area contributed by atoms with Crippen LogP contribution in [0.1, 0.15) is 42.6 Å². The average molecular weight is 445 g/mol. The largest absolute Gasteiger partial charge is 0.381 e. The maximum atomic E-state index is 13.5. The Balaban J connectivity index is 1.87. The first-order valence-electron chi connectivity index (χ1n) is 11.0. The average Bonchev–Trinajstić information content (AvgIpc) is 2.80. The molecule has 168 valence electrons. The van der Waals surface area contributed by atoms with Gasteiger partial charge in [0.2, 0.25) is 10.0 Å². The molecule has 3 rings (SSSR count). The number of carbonyl (C=O) groups excluding carboxylic acids is 1. The molecule has 1 heterocycles. The van der Waals surface area contributed by atoms with Crippen LogP contribution in [0.2, 0.25) is 0 Å². The third kappa shape index (κ3) is 5.93. The summed E-state index contributed by atoms with van der Waals surface area (Å²) in [5.74, 6) is 0.232. The molecule has 1 aliphatic heterocycles. The maximum Gasteiger partial charge on any atom is 0.254 e. The van der Waals surface area contributed by atoms with Gasteiger partial charge >= 0.3 is 0 Å². The van der Waals surface area contributed by atoms with Crippen LogP contribution in [0.3, 0.4) is 0 Å². The standard InChI is InChI=1S/C24H32N2O4S/c1-3-26(4-2)31(28,29)23-12-8-11-22(17-23)24(27)25(18-20-9-6-5-7-10-20)19-21-13-15-30-16-14-21/h5-12,17,21H,3-4,13-16,18-19H2,1-2H3. The topological polar surface area (TPSA) is 66.9 Å². The van der Waals surface area contributed by atoms with E-state index in [1.807, 2.05) is 49.1 Å². The van der Waals surface area contributed by atoms with Crippen LogP contribution >= 0.6 is 0 Å². The van der Waals surface area contributed by atoms with E-state index in [0.29, 0.717) is 37.7 Å². The molecule has 1 fully saturated rings. The SMILES string of the molecule is CCN(CC)S(=O)(=O)c1cccc(C(=O)N(Cc2ccccc2)CC2CCOCC2)c1. The lowest BCUT2D eigenvalue weighted by atomic mass is 9.99. The van der Waals surface area contributed by atoms with Crippen LogP contribution in [0, 0.1) is 5.92 Å². The molecule has 1 saturated heterocycles. The molecule has 6 nitrogen and oxygen atoms in total. The van der Waals surface area contributed by atoms with Gasteiger partial charge in [-0.1, -0.05) is 50.2 Å². The molecule has 2 aromatic carbocycles. The van der Waals surface area contributed by atoms with Crippen LogP contribution in [-0.2, 0) is 21.3 Å². The maximum absolute atomic E-state index is 13.5. The van der Waals surface area contributed by atoms with Gasteiger partial charge in [0, 0.05) is 45.0 Å². The molecular formula is C24H32N2O4S. The first-order chi connectivity index (χ1) is 15.0. The summed E-state index contributed by atoms with van der Waals surface area (Å²) in [5.41, 5.74) is 1.45. The van der Waals surface area contributed by atoms with E-state index in [1.165, 1.54) is 10.4 Å². The molecule has 0 N–H and O–H groups in total. The lowest BCUT2D eigenvalue weighted by Crippen LogP contribution is -2.37. The summed E-state index contributed by atoms with van der Waals surface area (Å²) < 4.78 is 32.7. The Bertz CT molecular complexity index is 953. The Kier molecular flexibility index (Phi) is 8.23. The third-order valence-electron chi connectivity index (χ3n) is 5.75. The van der Waals surface area contributed by atoms with Crippen molar-refractivity contribution in [3.05, 3.63) is 65.7 Å². The number of nitrogens with zero attached hydrogens (tertiary/aromatic N) is 2. The second kappa shape index (κ2) is 10.9. The monoisotopic (exact) mass is 444 g/mol. The van der Waals surface area contributed by atoms with Gasteiger partial charge in [-0.25, -0.2) is 8.42 Å². The molecule has 1 amide bonds. The van der Waals surface area contributed by atoms with E-state index in [1.54, 1.807) is 18.2 Å². The Hall–Kier alpha value is -2.22. The van der Waals surface area contributed by atoms with Crippen molar-refractivity contribution in [2.75, 3.05) is 32.8 Å². The number of sulfonamides is 1. The predicted molar refractivity (Wildman–Crippen MR) is 121 cm³/mol. The quantitative estimate of drug-likeness (QED) is 0.590. The molecule has 0 saturated carbocycles. The number of benzene rings is 2. The molecule has 2 aromatic rings. The Labute approximate surface area is 185 Å². The van der Waals surface area contributed by atoms with Crippen LogP contribution in [0.25, 0.3) is 0 Å². The van der Waals surface area contributed by atoms with Crippen molar-refractivity contribution in [3.8, 4) is 0 Å². The van der Waals surface area contributed by atoms with E-state index in [2.05, 4.69) is 0 Å². The highest BCUT2D eigenvalue weighted by atomic mass is 32.2. The molecule has 0 aromatic heterocycles. The number of amides is 1. The fourth-order valence-electron chi connectivity index (χ4n) is 3.95. The van der Waals surface area contributed by atoms with Gasteiger partial charge in [0.15, 0.2) is 0 Å². The minimum absolute atomic E-state index is 0.146. The Morgan fingerprint density at radius 2 is 1.68 bits per heavy atom. The molecule has 0 bridgehead atoms. The Morgan fingerprint density at radius 1 is 1.00 bits per heavy atom. The van der Waals surface area contributed by atoms with E-state index >= 15 is 0 Å². The predicted octanol–water partition coefficient (Wildman–Crippen LogP) is 3.79. The van der Waals surface area contributed by atoms with Crippen LogP contribution < -0.4 is 0 Å². The molecule has 1 aliphatic rings. The smallest absolute Gasteiger partial charge is 0.254 e. The summed E-state index contributed by atoms with van der Waals surface area (Å²) >= 11 is 0. The van der Waals surface area contributed by atoms with Gasteiger partial charge in [-0.05, 0) is 42.5 Å². The van der Waals surface area contributed by atoms with E-state index in [9.17, 15) is 13.2 Å². The zero-order valence-electron chi connectivity index (χ0n) is 18.4. The second-order valence-electron chi connectivity index (χ2n) is 7.84. The minimum Gasteiger partial charge on any atom is -0.381 e. The van der Waals surface area contributed by atoms with Gasteiger partial charge in [0.25, 0.3) is 5.91 Å². The van der Waals surface area contributed by atoms with E-state index in [0.717, 1.165) is 31.6 Å². The third-order valence-corrected chi connectivity index (χ3v) is 7.79. The fraction of sp³-hybridized carbons (Fsp3) is 0.458. The number of rotatable bonds is 9. The minimum atomic E-state index is -3.62. The molecular weight excluding hydrogens is 412 g/mol. The van der Waals surface area contributed by atoms with E-state index < -0.39 is 10.0 Å². The number of hydrogen-bond donors (Lipinski definition) is 0. The van der Waals surface area contributed by atoms with Crippen molar-refractivity contribution in [1.29, 1.82) is 0 Å². The van der Waals surface area contributed by atoms with Crippen molar-refractivity contribution >= 4 is 15.9 Å². The lowest BCUT2D eigenvalue weighted by Gasteiger charge is -2.30. The van der Waals surface area contributed by atoms with Gasteiger partial charge in [0.1, 0.15) is 0 Å². The van der Waals surface area contributed by atoms with Gasteiger partial charge < -0.3 is 9.64 Å². The summed E-state index contributed by atoms with van der Waals surface area (Å²) in [7, 11) is -3.62. The first kappa shape index (κ1) is 23.4. The second-order valence-corrected chi connectivity index (χ2v) is 9.78. The molecule has 0 aliphatic carbocycles. The summed E-state index contributed by atoms with van der Waals surface area (Å²) in [6, 6.07) is 16.3. The van der Waals surface area contributed by atoms with Gasteiger partial charge in [-0.15, -0.1) is 0 Å². The van der Waals surface area contributed by atoms with Crippen molar-refractivity contribution in [3.63, 3.8) is 0 Å². The van der Waals surface area contributed by atoms with Crippen molar-refractivity contribution in [2.24, 2.45) is 5.92 Å². The van der Waals surface area contributed by atoms with Crippen LogP contribution in [0.4, 0.5) is 0 Å². The summed E-state index contributed by atoms with van der Waals surface area (Å²) in [6.45, 7) is 6.96. The molecule has 7 heteroatoms. The van der Waals surface area contributed by atoms with Gasteiger partial charge in [-0.2, -0.15) is 4.31 Å². The van der Waals surface area contributed by atoms with Crippen LogP contribution in [0.15, 0.2) is 59.5 Å². The zero-order chi connectivity index (χ0) is 22.3. The molecule has 31 heavy (non-hydrogen) atoms. The molecule has 0 spiro atoms. The zero-order valence-corrected chi connectivity index (χ0v) is 19.2. The summed E-state index contributed by atoms with van der Waals surface area (Å²) in [4.78, 5) is 15.5. The van der Waals surface area contributed by atoms with Crippen molar-refractivity contribution in [1.82, 2.24) is 9.21 Å². The Morgan fingerprint density at radius 3 is 2.32 bits per heavy atom. The lowest BCUT2D eigenvalue weighted by molar-refractivity contribution is 0.0445. The highest BCUT2D eigenvalue weighted by Crippen LogP contribution is 2.22. The van der Waals surface area contributed by atoms with Crippen LogP contribution in [-0.4, -0.2) is 56.4 Å². The molecule has 0 unspecified atom stereocenters. The normalized spacial score (nSPS) is 15.2. The van der Waals surface area contributed by atoms with Crippen molar-refractivity contribution in [2.45, 2.75) is 38.1 Å². The number of ether oxygens (including phenoxy) is 1. The van der Waals surface area contributed by atoms with Crippen molar-refractivity contribution < 1.29 is 17.9 Å². The van der Waals surface area contributed by atoms with E-state index in [-0.39, 0.29) is 10.8 Å². The number of carbonyl (C=O) groups is 1. The van der Waals surface area contributed by atoms with Crippen LogP contribution in [0.5, 0.6) is 0 Å².